The average molecular weight is 335 g/mol. The van der Waals surface area contributed by atoms with Crippen LogP contribution in [0.5, 0.6) is 0 Å². The van der Waals surface area contributed by atoms with E-state index in [9.17, 15) is 0 Å². The molecule has 1 aromatic carbocycles. The first-order valence-corrected chi connectivity index (χ1v) is 8.61. The maximum absolute atomic E-state index is 6.08. The van der Waals surface area contributed by atoms with E-state index in [4.69, 9.17) is 4.42 Å². The quantitative estimate of drug-likeness (QED) is 0.589. The van der Waals surface area contributed by atoms with Crippen molar-refractivity contribution in [3.05, 3.63) is 53.7 Å². The fraction of sp³-hybridized carbons (Fsp3) is 0.316. The number of rotatable bonds is 5. The van der Waals surface area contributed by atoms with Crippen LogP contribution in [0.15, 0.2) is 41.1 Å². The number of nitrogens with one attached hydrogen (secondary N) is 1. The molecule has 4 aromatic rings. The SMILES string of the molecule is CCCc1cc(NC(C)c2oc3ccccc3c2C)n2ncnc2n1. The van der Waals surface area contributed by atoms with E-state index in [0.29, 0.717) is 5.78 Å². The molecule has 0 saturated heterocycles. The monoisotopic (exact) mass is 335 g/mol. The molecule has 0 aliphatic heterocycles. The molecule has 0 aliphatic carbocycles. The van der Waals surface area contributed by atoms with Crippen LogP contribution in [0.4, 0.5) is 5.82 Å². The van der Waals surface area contributed by atoms with Crippen molar-refractivity contribution in [2.75, 3.05) is 5.32 Å². The number of nitrogens with zero attached hydrogens (tertiary/aromatic N) is 4. The zero-order valence-electron chi connectivity index (χ0n) is 14.7. The van der Waals surface area contributed by atoms with Crippen LogP contribution in [-0.2, 0) is 6.42 Å². The molecule has 6 nitrogen and oxygen atoms in total. The van der Waals surface area contributed by atoms with Gasteiger partial charge in [-0.05, 0) is 26.3 Å². The fourth-order valence-corrected chi connectivity index (χ4v) is 3.24. The molecular weight excluding hydrogens is 314 g/mol. The molecule has 1 atom stereocenters. The second-order valence-corrected chi connectivity index (χ2v) is 6.31. The Labute approximate surface area is 145 Å². The van der Waals surface area contributed by atoms with Gasteiger partial charge in [-0.2, -0.15) is 14.6 Å². The molecule has 0 saturated carbocycles. The lowest BCUT2D eigenvalue weighted by Gasteiger charge is -2.15. The van der Waals surface area contributed by atoms with Gasteiger partial charge in [0.25, 0.3) is 5.78 Å². The molecule has 3 aromatic heterocycles. The maximum atomic E-state index is 6.08. The van der Waals surface area contributed by atoms with E-state index in [-0.39, 0.29) is 6.04 Å². The number of hydrogen-bond donors (Lipinski definition) is 1. The van der Waals surface area contributed by atoms with Crippen LogP contribution in [-0.4, -0.2) is 19.6 Å². The van der Waals surface area contributed by atoms with Crippen LogP contribution >= 0.6 is 0 Å². The highest BCUT2D eigenvalue weighted by Crippen LogP contribution is 2.31. The number of anilines is 1. The Morgan fingerprint density at radius 1 is 1.28 bits per heavy atom. The summed E-state index contributed by atoms with van der Waals surface area (Å²) in [5.41, 5.74) is 3.09. The van der Waals surface area contributed by atoms with Crippen molar-refractivity contribution in [1.29, 1.82) is 0 Å². The van der Waals surface area contributed by atoms with E-state index in [2.05, 4.69) is 47.2 Å². The maximum Gasteiger partial charge on any atom is 0.254 e. The molecule has 4 rings (SSSR count). The molecule has 0 radical (unpaired) electrons. The van der Waals surface area contributed by atoms with E-state index in [1.807, 2.05) is 24.3 Å². The van der Waals surface area contributed by atoms with Gasteiger partial charge in [-0.15, -0.1) is 0 Å². The molecule has 0 spiro atoms. The van der Waals surface area contributed by atoms with Crippen LogP contribution in [0.25, 0.3) is 16.7 Å². The summed E-state index contributed by atoms with van der Waals surface area (Å²) in [6, 6.07) is 10.2. The van der Waals surface area contributed by atoms with E-state index < -0.39 is 0 Å². The third-order valence-electron chi connectivity index (χ3n) is 4.45. The zero-order chi connectivity index (χ0) is 17.4. The molecule has 6 heteroatoms. The minimum absolute atomic E-state index is 0.00308. The lowest BCUT2D eigenvalue weighted by Crippen LogP contribution is -2.12. The van der Waals surface area contributed by atoms with Crippen molar-refractivity contribution in [3.8, 4) is 0 Å². The number of fused-ring (bicyclic) bond motifs is 2. The smallest absolute Gasteiger partial charge is 0.254 e. The minimum Gasteiger partial charge on any atom is -0.459 e. The Morgan fingerprint density at radius 2 is 2.12 bits per heavy atom. The third-order valence-corrected chi connectivity index (χ3v) is 4.45. The predicted octanol–water partition coefficient (Wildman–Crippen LogP) is 4.30. The third kappa shape index (κ3) is 2.73. The van der Waals surface area contributed by atoms with E-state index in [1.165, 1.54) is 6.33 Å². The lowest BCUT2D eigenvalue weighted by atomic mass is 10.1. The second kappa shape index (κ2) is 6.20. The van der Waals surface area contributed by atoms with Gasteiger partial charge in [0, 0.05) is 22.7 Å². The molecular formula is C19H21N5O. The van der Waals surface area contributed by atoms with Gasteiger partial charge in [0.05, 0.1) is 6.04 Å². The Bertz CT molecular complexity index is 1030. The van der Waals surface area contributed by atoms with Crippen LogP contribution in [0.2, 0.25) is 0 Å². The number of furan rings is 1. The summed E-state index contributed by atoms with van der Waals surface area (Å²) in [7, 11) is 0. The van der Waals surface area contributed by atoms with Crippen molar-refractivity contribution in [2.45, 2.75) is 39.7 Å². The van der Waals surface area contributed by atoms with E-state index in [1.54, 1.807) is 4.52 Å². The van der Waals surface area contributed by atoms with Gasteiger partial charge in [0.1, 0.15) is 23.5 Å². The van der Waals surface area contributed by atoms with Crippen molar-refractivity contribution < 1.29 is 4.42 Å². The molecule has 0 amide bonds. The topological polar surface area (TPSA) is 68.2 Å². The number of aryl methyl sites for hydroxylation is 2. The summed E-state index contributed by atoms with van der Waals surface area (Å²) in [4.78, 5) is 8.78. The van der Waals surface area contributed by atoms with Crippen molar-refractivity contribution >= 4 is 22.6 Å². The van der Waals surface area contributed by atoms with Crippen molar-refractivity contribution in [1.82, 2.24) is 19.6 Å². The highest BCUT2D eigenvalue weighted by Gasteiger charge is 2.18. The van der Waals surface area contributed by atoms with Crippen LogP contribution in [0, 0.1) is 6.92 Å². The van der Waals surface area contributed by atoms with E-state index >= 15 is 0 Å². The molecule has 0 bridgehead atoms. The number of para-hydroxylation sites is 1. The standard InChI is InChI=1S/C19H21N5O/c1-4-7-14-10-17(24-19(23-14)20-11-21-24)22-13(3)18-12(2)15-8-5-6-9-16(15)25-18/h5-6,8-11,13,22H,4,7H2,1-3H3. The summed E-state index contributed by atoms with van der Waals surface area (Å²) in [6.45, 7) is 6.33. The number of hydrogen-bond acceptors (Lipinski definition) is 5. The first kappa shape index (κ1) is 15.6. The zero-order valence-corrected chi connectivity index (χ0v) is 14.7. The molecule has 3 heterocycles. The van der Waals surface area contributed by atoms with Crippen LogP contribution in [0.1, 0.15) is 43.3 Å². The molecule has 128 valence electrons. The predicted molar refractivity (Wildman–Crippen MR) is 97.8 cm³/mol. The van der Waals surface area contributed by atoms with Crippen LogP contribution in [0.3, 0.4) is 0 Å². The second-order valence-electron chi connectivity index (χ2n) is 6.31. The Hall–Kier alpha value is -2.89. The van der Waals surface area contributed by atoms with Crippen molar-refractivity contribution in [3.63, 3.8) is 0 Å². The highest BCUT2D eigenvalue weighted by molar-refractivity contribution is 5.82. The molecule has 0 aliphatic rings. The van der Waals surface area contributed by atoms with Crippen LogP contribution < -0.4 is 5.32 Å². The molecule has 0 fully saturated rings. The summed E-state index contributed by atoms with van der Waals surface area (Å²) < 4.78 is 7.81. The normalized spacial score (nSPS) is 12.8. The first-order chi connectivity index (χ1) is 12.2. The summed E-state index contributed by atoms with van der Waals surface area (Å²) in [6.07, 6.45) is 3.48. The largest absolute Gasteiger partial charge is 0.459 e. The van der Waals surface area contributed by atoms with Gasteiger partial charge in [-0.3, -0.25) is 0 Å². The van der Waals surface area contributed by atoms with Gasteiger partial charge < -0.3 is 9.73 Å². The van der Waals surface area contributed by atoms with Gasteiger partial charge in [-0.1, -0.05) is 31.5 Å². The number of aromatic nitrogens is 4. The Morgan fingerprint density at radius 3 is 2.92 bits per heavy atom. The lowest BCUT2D eigenvalue weighted by molar-refractivity contribution is 0.521. The molecule has 1 unspecified atom stereocenters. The van der Waals surface area contributed by atoms with Gasteiger partial charge in [-0.25, -0.2) is 4.98 Å². The Balaban J connectivity index is 1.72. The Kier molecular flexibility index (Phi) is 3.87. The first-order valence-electron chi connectivity index (χ1n) is 8.61. The van der Waals surface area contributed by atoms with Gasteiger partial charge in [0.15, 0.2) is 0 Å². The summed E-state index contributed by atoms with van der Waals surface area (Å²) in [5.74, 6) is 2.42. The molecule has 1 N–H and O–H groups in total. The highest BCUT2D eigenvalue weighted by atomic mass is 16.3. The van der Waals surface area contributed by atoms with Gasteiger partial charge >= 0.3 is 0 Å². The fourth-order valence-electron chi connectivity index (χ4n) is 3.24. The summed E-state index contributed by atoms with van der Waals surface area (Å²) >= 11 is 0. The van der Waals surface area contributed by atoms with Crippen molar-refractivity contribution in [2.24, 2.45) is 0 Å². The molecule has 25 heavy (non-hydrogen) atoms. The summed E-state index contributed by atoms with van der Waals surface area (Å²) in [5, 5.41) is 8.95. The average Bonchev–Trinajstić information content (AvgIpc) is 3.20. The van der Waals surface area contributed by atoms with E-state index in [0.717, 1.165) is 46.6 Å². The minimum atomic E-state index is -0.00308. The number of benzene rings is 1. The van der Waals surface area contributed by atoms with Gasteiger partial charge in [0.2, 0.25) is 0 Å².